The highest BCUT2D eigenvalue weighted by molar-refractivity contribution is 5.83. The van der Waals surface area contributed by atoms with Gasteiger partial charge in [0.05, 0.1) is 19.6 Å². The van der Waals surface area contributed by atoms with Crippen molar-refractivity contribution < 1.29 is 28.0 Å². The molecule has 0 bridgehead atoms. The van der Waals surface area contributed by atoms with E-state index in [0.29, 0.717) is 4.90 Å². The summed E-state index contributed by atoms with van der Waals surface area (Å²) in [6, 6.07) is -0.251. The summed E-state index contributed by atoms with van der Waals surface area (Å²) >= 11 is 0. The highest BCUT2D eigenvalue weighted by Gasteiger charge is 2.38. The minimum atomic E-state index is -3.03. The smallest absolute Gasteiger partial charge is 0.161 e. The Morgan fingerprint density at radius 1 is 1.43 bits per heavy atom. The maximum atomic E-state index is 13.1. The molecule has 2 aliphatic heterocycles. The van der Waals surface area contributed by atoms with E-state index in [1.165, 1.54) is 7.11 Å². The molecule has 0 radical (unpaired) electrons. The normalized spacial score (nSPS) is 41.0. The largest absolute Gasteiger partial charge is 0.493 e. The zero-order valence-corrected chi connectivity index (χ0v) is 13.4. The highest BCUT2D eigenvalue weighted by Crippen LogP contribution is 2.42. The molecule has 0 spiro atoms. The lowest BCUT2D eigenvalue weighted by molar-refractivity contribution is -0.129. The van der Waals surface area contributed by atoms with Crippen molar-refractivity contribution in [2.24, 2.45) is 11.8 Å². The van der Waals surface area contributed by atoms with Crippen LogP contribution in [0, 0.1) is 11.8 Å². The van der Waals surface area contributed by atoms with Crippen LogP contribution in [0.4, 0.5) is 0 Å². The number of fused-ring (bicyclic) bond motifs is 3. The van der Waals surface area contributed by atoms with E-state index in [1.807, 2.05) is 0 Å². The summed E-state index contributed by atoms with van der Waals surface area (Å²) < 4.78 is 93.2. The fraction of sp³-hybridized carbons (Fsp3) is 0.632. The Morgan fingerprint density at radius 3 is 2.91 bits per heavy atom. The van der Waals surface area contributed by atoms with E-state index < -0.39 is 50.5 Å². The van der Waals surface area contributed by atoms with Crippen LogP contribution in [0.3, 0.4) is 0 Å². The van der Waals surface area contributed by atoms with Crippen molar-refractivity contribution in [1.82, 2.24) is 4.90 Å². The molecule has 4 nitrogen and oxygen atoms in total. The molecule has 3 rings (SSSR count). The van der Waals surface area contributed by atoms with Gasteiger partial charge in [-0.3, -0.25) is 9.69 Å². The first-order chi connectivity index (χ1) is 14.8. The molecule has 0 amide bonds. The Bertz CT molecular complexity index is 962. The van der Waals surface area contributed by atoms with Gasteiger partial charge in [0.25, 0.3) is 0 Å². The minimum absolute atomic E-state index is 0.0976. The molecule has 0 saturated carbocycles. The van der Waals surface area contributed by atoms with E-state index in [9.17, 15) is 4.79 Å². The first-order valence-electron chi connectivity index (χ1n) is 12.6. The monoisotopic (exact) mass is 327 g/mol. The first-order valence-corrected chi connectivity index (χ1v) is 7.56. The Balaban J connectivity index is 2.34. The number of carbonyl (C=O) groups is 1. The summed E-state index contributed by atoms with van der Waals surface area (Å²) in [7, 11) is -1.71. The second-order valence-corrected chi connectivity index (χ2v) is 6.12. The van der Waals surface area contributed by atoms with Gasteiger partial charge in [-0.15, -0.1) is 0 Å². The average Bonchev–Trinajstić information content (AvgIpc) is 2.61. The Labute approximate surface area is 152 Å². The van der Waals surface area contributed by atoms with E-state index in [0.717, 1.165) is 12.1 Å². The van der Waals surface area contributed by atoms with Crippen molar-refractivity contribution in [1.29, 1.82) is 0 Å². The SMILES string of the molecule is [2H]C([2H])([2H])Oc1cc2c(cc1OC)C([2H])([2H])C([2H])([2H])N1C2([2H])CC(=O)C(CC(C)C)C1([2H])[2H]. The van der Waals surface area contributed by atoms with Gasteiger partial charge in [-0.2, -0.15) is 0 Å². The van der Waals surface area contributed by atoms with Gasteiger partial charge < -0.3 is 9.47 Å². The van der Waals surface area contributed by atoms with Gasteiger partial charge in [0.15, 0.2) is 11.5 Å². The summed E-state index contributed by atoms with van der Waals surface area (Å²) in [4.78, 5) is 13.6. The molecule has 1 aromatic carbocycles. The second kappa shape index (κ2) is 6.52. The topological polar surface area (TPSA) is 38.8 Å². The molecular formula is C19H27NO3. The number of rotatable bonds is 4. The number of ether oxygens (including phenoxy) is 2. The van der Waals surface area contributed by atoms with Crippen molar-refractivity contribution in [2.75, 3.05) is 27.1 Å². The number of hydrogen-bond acceptors (Lipinski definition) is 4. The molecule has 0 aromatic heterocycles. The third-order valence-corrected chi connectivity index (χ3v) is 4.02. The van der Waals surface area contributed by atoms with Crippen molar-refractivity contribution >= 4 is 5.78 Å². The van der Waals surface area contributed by atoms with Gasteiger partial charge in [-0.25, -0.2) is 0 Å². The van der Waals surface area contributed by atoms with Crippen molar-refractivity contribution in [2.45, 2.75) is 39.1 Å². The quantitative estimate of drug-likeness (QED) is 0.851. The summed E-state index contributed by atoms with van der Waals surface area (Å²) in [5.74, 6) is -2.49. The Kier molecular flexibility index (Phi) is 2.27. The Hall–Kier alpha value is -1.55. The van der Waals surface area contributed by atoms with Crippen LogP contribution in [-0.2, 0) is 11.2 Å². The lowest BCUT2D eigenvalue weighted by Crippen LogP contribution is -2.46. The standard InChI is InChI=1S/C19H27NO3/c1-12(2)7-14-11-20-6-5-13-8-18(22-3)19(23-4)9-15(13)16(20)10-17(14)21/h8-9,12,14,16H,5-7,10-11H2,1-4H3/i4D3,5D2,6D2,11D2,16D. The molecule has 1 saturated heterocycles. The fourth-order valence-corrected chi connectivity index (χ4v) is 2.90. The molecule has 4 heteroatoms. The first kappa shape index (κ1) is 8.02. The zero-order chi connectivity index (χ0) is 25.4. The molecule has 23 heavy (non-hydrogen) atoms. The van der Waals surface area contributed by atoms with E-state index in [1.54, 1.807) is 13.8 Å². The van der Waals surface area contributed by atoms with E-state index >= 15 is 0 Å². The van der Waals surface area contributed by atoms with Crippen LogP contribution in [0.25, 0.3) is 0 Å². The number of piperidine rings is 1. The number of hydrogen-bond donors (Lipinski definition) is 0. The van der Waals surface area contributed by atoms with E-state index in [2.05, 4.69) is 0 Å². The molecule has 0 aliphatic carbocycles. The molecule has 1 aromatic rings. The second-order valence-electron chi connectivity index (χ2n) is 6.12. The van der Waals surface area contributed by atoms with Crippen molar-refractivity contribution in [3.63, 3.8) is 0 Å². The van der Waals surface area contributed by atoms with Gasteiger partial charge in [-0.1, -0.05) is 13.8 Å². The third-order valence-electron chi connectivity index (χ3n) is 4.02. The number of nitrogens with zero attached hydrogens (tertiary/aromatic N) is 1. The van der Waals surface area contributed by atoms with Crippen LogP contribution >= 0.6 is 0 Å². The number of methoxy groups -OCH3 is 2. The van der Waals surface area contributed by atoms with Gasteiger partial charge in [0.1, 0.15) is 5.78 Å². The fourth-order valence-electron chi connectivity index (χ4n) is 2.90. The molecule has 2 heterocycles. The summed E-state index contributed by atoms with van der Waals surface area (Å²) in [5.41, 5.74) is -0.581. The number of carbonyl (C=O) groups excluding carboxylic acids is 1. The number of benzene rings is 1. The zero-order valence-electron chi connectivity index (χ0n) is 23.4. The van der Waals surface area contributed by atoms with Crippen LogP contribution in [0.5, 0.6) is 11.5 Å². The van der Waals surface area contributed by atoms with Crippen LogP contribution in [-0.4, -0.2) is 37.8 Å². The van der Waals surface area contributed by atoms with E-state index in [-0.39, 0.29) is 35.0 Å². The average molecular weight is 327 g/mol. The van der Waals surface area contributed by atoms with Gasteiger partial charge in [0.2, 0.25) is 0 Å². The maximum Gasteiger partial charge on any atom is 0.161 e. The van der Waals surface area contributed by atoms with Gasteiger partial charge in [-0.05, 0) is 42.0 Å². The predicted octanol–water partition coefficient (Wildman–Crippen LogP) is 3.24. The van der Waals surface area contributed by atoms with Crippen LogP contribution in [0.2, 0.25) is 0 Å². The van der Waals surface area contributed by atoms with Crippen LogP contribution < -0.4 is 9.47 Å². The summed E-state index contributed by atoms with van der Waals surface area (Å²) in [5, 5.41) is 0. The van der Waals surface area contributed by atoms with Gasteiger partial charge >= 0.3 is 0 Å². The molecule has 2 atom stereocenters. The predicted molar refractivity (Wildman–Crippen MR) is 90.1 cm³/mol. The molecule has 1 fully saturated rings. The number of ketones is 1. The molecule has 2 unspecified atom stereocenters. The molecule has 2 aliphatic rings. The maximum absolute atomic E-state index is 13.1. The van der Waals surface area contributed by atoms with Gasteiger partial charge in [0, 0.05) is 39.6 Å². The highest BCUT2D eigenvalue weighted by atomic mass is 16.5. The molecule has 126 valence electrons. The molecular weight excluding hydrogens is 290 g/mol. The minimum Gasteiger partial charge on any atom is -0.493 e. The third kappa shape index (κ3) is 3.09. The lowest BCUT2D eigenvalue weighted by atomic mass is 9.80. The van der Waals surface area contributed by atoms with E-state index in [4.69, 9.17) is 23.2 Å². The van der Waals surface area contributed by atoms with Crippen molar-refractivity contribution in [3.8, 4) is 11.5 Å². The Morgan fingerprint density at radius 2 is 2.22 bits per heavy atom. The summed E-state index contributed by atoms with van der Waals surface area (Å²) in [6.07, 6.45) is -3.35. The lowest BCUT2D eigenvalue weighted by Gasteiger charge is -2.43. The number of aryl methyl sites for hydroxylation is 1. The summed E-state index contributed by atoms with van der Waals surface area (Å²) in [6.45, 7) is -2.15. The van der Waals surface area contributed by atoms with Crippen molar-refractivity contribution in [3.05, 3.63) is 23.3 Å². The molecule has 0 N–H and O–H groups in total. The van der Waals surface area contributed by atoms with Crippen LogP contribution in [0.1, 0.15) is 57.5 Å². The van der Waals surface area contributed by atoms with Crippen LogP contribution in [0.15, 0.2) is 12.1 Å². The number of Topliss-reactive ketones (excluding diaryl/α,β-unsaturated/α-hetero) is 1.